The minimum absolute atomic E-state index is 0.231. The molecule has 2 heterocycles. The van der Waals surface area contributed by atoms with Crippen LogP contribution in [0.1, 0.15) is 45.6 Å². The molecule has 0 aromatic heterocycles. The van der Waals surface area contributed by atoms with Crippen LogP contribution in [0.3, 0.4) is 0 Å². The number of hydrogen-bond donors (Lipinski definition) is 1. The molecular formula is C25H32N2O5. The highest BCUT2D eigenvalue weighted by atomic mass is 16.6. The molecule has 0 spiro atoms. The number of piperidine rings is 1. The predicted molar refractivity (Wildman–Crippen MR) is 121 cm³/mol. The van der Waals surface area contributed by atoms with E-state index in [9.17, 15) is 14.7 Å². The van der Waals surface area contributed by atoms with E-state index < -0.39 is 11.2 Å². The quantitative estimate of drug-likeness (QED) is 0.709. The molecule has 1 fully saturated rings. The summed E-state index contributed by atoms with van der Waals surface area (Å²) in [5.74, 6) is 6.07. The van der Waals surface area contributed by atoms with Crippen LogP contribution >= 0.6 is 0 Å². The number of likely N-dealkylation sites (tertiary alicyclic amines) is 1. The molecule has 1 saturated heterocycles. The first-order chi connectivity index (χ1) is 15.1. The summed E-state index contributed by atoms with van der Waals surface area (Å²) in [7, 11) is 0. The van der Waals surface area contributed by atoms with Crippen LogP contribution in [0.15, 0.2) is 42.0 Å². The lowest BCUT2D eigenvalue weighted by molar-refractivity contribution is 0.0200. The van der Waals surface area contributed by atoms with Crippen molar-refractivity contribution in [2.45, 2.75) is 57.8 Å². The molecule has 0 bridgehead atoms. The van der Waals surface area contributed by atoms with Gasteiger partial charge < -0.3 is 24.4 Å². The molecule has 1 N–H and O–H groups in total. The second kappa shape index (κ2) is 10.1. The van der Waals surface area contributed by atoms with Crippen LogP contribution < -0.4 is 0 Å². The summed E-state index contributed by atoms with van der Waals surface area (Å²) in [6.07, 6.45) is 2.57. The van der Waals surface area contributed by atoms with Crippen molar-refractivity contribution in [1.82, 2.24) is 9.80 Å². The molecule has 0 aliphatic carbocycles. The SMILES string of the molecule is CC(C)(C)OC(=O)N1CC=C(C#CC2(O)CCN(C(=O)OCc3ccccc3)CC2)CC1. The third kappa shape index (κ3) is 7.03. The molecule has 2 aliphatic rings. The molecule has 7 heteroatoms. The Labute approximate surface area is 190 Å². The van der Waals surface area contributed by atoms with E-state index in [1.54, 1.807) is 9.80 Å². The van der Waals surface area contributed by atoms with Crippen molar-refractivity contribution in [3.05, 3.63) is 47.5 Å². The third-order valence-corrected chi connectivity index (χ3v) is 5.37. The lowest BCUT2D eigenvalue weighted by Gasteiger charge is -2.34. The molecule has 0 saturated carbocycles. The van der Waals surface area contributed by atoms with Crippen molar-refractivity contribution >= 4 is 12.2 Å². The van der Waals surface area contributed by atoms with E-state index in [4.69, 9.17) is 9.47 Å². The van der Waals surface area contributed by atoms with Crippen LogP contribution in [-0.2, 0) is 16.1 Å². The Hall–Kier alpha value is -2.98. The van der Waals surface area contributed by atoms with Crippen molar-refractivity contribution < 1.29 is 24.2 Å². The highest BCUT2D eigenvalue weighted by Crippen LogP contribution is 2.23. The van der Waals surface area contributed by atoms with Crippen LogP contribution in [-0.4, -0.2) is 64.5 Å². The normalized spacial score (nSPS) is 18.2. The minimum Gasteiger partial charge on any atom is -0.445 e. The van der Waals surface area contributed by atoms with Crippen LogP contribution in [0.25, 0.3) is 0 Å². The first kappa shape index (κ1) is 23.7. The van der Waals surface area contributed by atoms with Gasteiger partial charge in [0.05, 0.1) is 0 Å². The number of carbonyl (C=O) groups excluding carboxylic acids is 2. The lowest BCUT2D eigenvalue weighted by Crippen LogP contribution is -2.46. The predicted octanol–water partition coefficient (Wildman–Crippen LogP) is 3.72. The van der Waals surface area contributed by atoms with Gasteiger partial charge in [-0.25, -0.2) is 9.59 Å². The van der Waals surface area contributed by atoms with E-state index >= 15 is 0 Å². The van der Waals surface area contributed by atoms with Gasteiger partial charge in [-0.2, -0.15) is 0 Å². The van der Waals surface area contributed by atoms with Crippen molar-refractivity contribution in [3.8, 4) is 11.8 Å². The number of aliphatic hydroxyl groups is 1. The van der Waals surface area contributed by atoms with Gasteiger partial charge in [-0.3, -0.25) is 0 Å². The van der Waals surface area contributed by atoms with Gasteiger partial charge in [0, 0.05) is 44.6 Å². The summed E-state index contributed by atoms with van der Waals surface area (Å²) < 4.78 is 10.8. The maximum Gasteiger partial charge on any atom is 0.410 e. The van der Waals surface area contributed by atoms with Crippen LogP contribution in [0.2, 0.25) is 0 Å². The summed E-state index contributed by atoms with van der Waals surface area (Å²) in [5, 5.41) is 10.8. The summed E-state index contributed by atoms with van der Waals surface area (Å²) in [5.41, 5.74) is 0.195. The molecule has 1 aromatic rings. The second-order valence-electron chi connectivity index (χ2n) is 9.21. The Morgan fingerprint density at radius 2 is 1.75 bits per heavy atom. The van der Waals surface area contributed by atoms with Crippen molar-refractivity contribution in [3.63, 3.8) is 0 Å². The molecular weight excluding hydrogens is 408 g/mol. The van der Waals surface area contributed by atoms with Crippen molar-refractivity contribution in [2.75, 3.05) is 26.2 Å². The smallest absolute Gasteiger partial charge is 0.410 e. The van der Waals surface area contributed by atoms with Gasteiger partial charge in [-0.15, -0.1) is 0 Å². The Morgan fingerprint density at radius 3 is 2.34 bits per heavy atom. The van der Waals surface area contributed by atoms with E-state index in [0.29, 0.717) is 45.4 Å². The van der Waals surface area contributed by atoms with Crippen LogP contribution in [0.4, 0.5) is 9.59 Å². The molecule has 0 unspecified atom stereocenters. The maximum absolute atomic E-state index is 12.3. The van der Waals surface area contributed by atoms with E-state index in [2.05, 4.69) is 11.8 Å². The van der Waals surface area contributed by atoms with Gasteiger partial charge in [-0.1, -0.05) is 48.2 Å². The fourth-order valence-corrected chi connectivity index (χ4v) is 3.47. The maximum atomic E-state index is 12.3. The van der Waals surface area contributed by atoms with Gasteiger partial charge in [0.1, 0.15) is 17.8 Å². The third-order valence-electron chi connectivity index (χ3n) is 5.37. The standard InChI is InChI=1S/C25H32N2O5/c1-24(2,3)32-23(29)26-15-10-20(11-16-26)9-12-25(30)13-17-27(18-14-25)22(28)31-19-21-7-5-4-6-8-21/h4-8,10,30H,11,13-19H2,1-3H3. The Morgan fingerprint density at radius 1 is 1.06 bits per heavy atom. The minimum atomic E-state index is -1.13. The second-order valence-corrected chi connectivity index (χ2v) is 9.21. The van der Waals surface area contributed by atoms with Gasteiger partial charge in [-0.05, 0) is 32.8 Å². The average molecular weight is 441 g/mol. The molecule has 0 radical (unpaired) electrons. The summed E-state index contributed by atoms with van der Waals surface area (Å²) in [6, 6.07) is 9.53. The highest BCUT2D eigenvalue weighted by molar-refractivity contribution is 5.69. The van der Waals surface area contributed by atoms with Gasteiger partial charge >= 0.3 is 12.2 Å². The average Bonchev–Trinajstić information content (AvgIpc) is 2.76. The van der Waals surface area contributed by atoms with Gasteiger partial charge in [0.15, 0.2) is 0 Å². The van der Waals surface area contributed by atoms with Crippen LogP contribution in [0, 0.1) is 11.8 Å². The molecule has 172 valence electrons. The topological polar surface area (TPSA) is 79.3 Å². The van der Waals surface area contributed by atoms with Crippen molar-refractivity contribution in [1.29, 1.82) is 0 Å². The van der Waals surface area contributed by atoms with Gasteiger partial charge in [0.2, 0.25) is 0 Å². The summed E-state index contributed by atoms with van der Waals surface area (Å²) >= 11 is 0. The Bertz CT molecular complexity index is 900. The zero-order chi connectivity index (χ0) is 23.2. The van der Waals surface area contributed by atoms with E-state index in [1.807, 2.05) is 57.2 Å². The van der Waals surface area contributed by atoms with Crippen molar-refractivity contribution in [2.24, 2.45) is 0 Å². The fourth-order valence-electron chi connectivity index (χ4n) is 3.47. The van der Waals surface area contributed by atoms with E-state index in [0.717, 1.165) is 11.1 Å². The van der Waals surface area contributed by atoms with Gasteiger partial charge in [0.25, 0.3) is 0 Å². The number of rotatable bonds is 2. The zero-order valence-corrected chi connectivity index (χ0v) is 19.1. The molecule has 2 amide bonds. The lowest BCUT2D eigenvalue weighted by atomic mass is 9.91. The molecule has 2 aliphatic heterocycles. The summed E-state index contributed by atoms with van der Waals surface area (Å²) in [6.45, 7) is 7.53. The monoisotopic (exact) mass is 440 g/mol. The summed E-state index contributed by atoms with van der Waals surface area (Å²) in [4.78, 5) is 27.7. The number of ether oxygens (including phenoxy) is 2. The van der Waals surface area contributed by atoms with E-state index in [-0.39, 0.29) is 18.8 Å². The number of nitrogens with zero attached hydrogens (tertiary/aromatic N) is 2. The first-order valence-electron chi connectivity index (χ1n) is 11.0. The zero-order valence-electron chi connectivity index (χ0n) is 19.1. The van der Waals surface area contributed by atoms with E-state index in [1.165, 1.54) is 0 Å². The Balaban J connectivity index is 1.46. The number of benzene rings is 1. The molecule has 7 nitrogen and oxygen atoms in total. The highest BCUT2D eigenvalue weighted by Gasteiger charge is 2.33. The largest absolute Gasteiger partial charge is 0.445 e. The molecule has 32 heavy (non-hydrogen) atoms. The first-order valence-corrected chi connectivity index (χ1v) is 11.0. The molecule has 1 aromatic carbocycles. The number of carbonyl (C=O) groups is 2. The Kier molecular flexibility index (Phi) is 7.47. The molecule has 0 atom stereocenters. The molecule has 3 rings (SSSR count). The number of hydrogen-bond acceptors (Lipinski definition) is 5. The number of amides is 2. The fraction of sp³-hybridized carbons (Fsp3) is 0.520. The van der Waals surface area contributed by atoms with Crippen LogP contribution in [0.5, 0.6) is 0 Å².